The van der Waals surface area contributed by atoms with E-state index in [0.717, 1.165) is 25.1 Å². The maximum Gasteiger partial charge on any atom is 0.305 e. The Hall–Kier alpha value is -2.09. The lowest BCUT2D eigenvalue weighted by Crippen LogP contribution is -2.31. The van der Waals surface area contributed by atoms with Crippen molar-refractivity contribution in [2.24, 2.45) is 0 Å². The van der Waals surface area contributed by atoms with Gasteiger partial charge in [0.2, 0.25) is 0 Å². The molecule has 1 fully saturated rings. The molecule has 1 aromatic heterocycles. The minimum atomic E-state index is -0.781. The predicted molar refractivity (Wildman–Crippen MR) is 61.6 cm³/mol. The Balaban J connectivity index is 2.20. The van der Waals surface area contributed by atoms with Crippen molar-refractivity contribution in [3.63, 3.8) is 0 Å². The molecule has 1 aliphatic rings. The Morgan fingerprint density at radius 2 is 2.53 bits per heavy atom. The Bertz CT molecular complexity index is 467. The van der Waals surface area contributed by atoms with Gasteiger partial charge in [0.05, 0.1) is 6.42 Å². The normalized spacial score (nSPS) is 19.0. The maximum atomic E-state index is 10.8. The molecule has 1 aromatic rings. The minimum absolute atomic E-state index is 0.0291. The van der Waals surface area contributed by atoms with Crippen molar-refractivity contribution in [2.45, 2.75) is 25.3 Å². The molecule has 0 bridgehead atoms. The lowest BCUT2D eigenvalue weighted by Gasteiger charge is -2.25. The number of anilines is 1. The average Bonchev–Trinajstić information content (AvgIpc) is 2.76. The summed E-state index contributed by atoms with van der Waals surface area (Å²) >= 11 is 0. The fraction of sp³-hybridized carbons (Fsp3) is 0.417. The first-order valence-corrected chi connectivity index (χ1v) is 5.55. The minimum Gasteiger partial charge on any atom is -0.481 e. The Morgan fingerprint density at radius 1 is 1.71 bits per heavy atom. The van der Waals surface area contributed by atoms with Crippen LogP contribution in [0.5, 0.6) is 0 Å². The SMILES string of the molecule is N#Cc1cc(N2CCCC2CC(=O)O)ccn1. The molecular weight excluding hydrogens is 218 g/mol. The molecular formula is C12H13N3O2. The highest BCUT2D eigenvalue weighted by Crippen LogP contribution is 2.27. The van der Waals surface area contributed by atoms with Crippen LogP contribution in [-0.2, 0) is 4.79 Å². The van der Waals surface area contributed by atoms with Crippen molar-refractivity contribution in [3.8, 4) is 6.07 Å². The molecule has 2 rings (SSSR count). The number of hydrogen-bond donors (Lipinski definition) is 1. The van der Waals surface area contributed by atoms with Crippen molar-refractivity contribution >= 4 is 11.7 Å². The van der Waals surface area contributed by atoms with Gasteiger partial charge in [-0.05, 0) is 25.0 Å². The monoisotopic (exact) mass is 231 g/mol. The number of aliphatic carboxylic acids is 1. The zero-order valence-corrected chi connectivity index (χ0v) is 9.33. The molecule has 1 aliphatic heterocycles. The highest BCUT2D eigenvalue weighted by Gasteiger charge is 2.26. The molecule has 0 amide bonds. The highest BCUT2D eigenvalue weighted by molar-refractivity contribution is 5.69. The second-order valence-electron chi connectivity index (χ2n) is 4.10. The number of nitrogens with zero attached hydrogens (tertiary/aromatic N) is 3. The van der Waals surface area contributed by atoms with E-state index in [1.807, 2.05) is 12.1 Å². The predicted octanol–water partition coefficient (Wildman–Crippen LogP) is 1.40. The van der Waals surface area contributed by atoms with Crippen LogP contribution in [0.1, 0.15) is 25.0 Å². The summed E-state index contributed by atoms with van der Waals surface area (Å²) in [5.41, 5.74) is 1.25. The lowest BCUT2D eigenvalue weighted by molar-refractivity contribution is -0.137. The van der Waals surface area contributed by atoms with Crippen molar-refractivity contribution < 1.29 is 9.90 Å². The standard InChI is InChI=1S/C12H13N3O2/c13-8-9-6-11(3-4-14-9)15-5-1-2-10(15)7-12(16)17/h3-4,6,10H,1-2,5,7H2,(H,16,17). The van der Waals surface area contributed by atoms with Gasteiger partial charge in [-0.3, -0.25) is 4.79 Å². The number of carboxylic acids is 1. The molecule has 2 heterocycles. The van der Waals surface area contributed by atoms with Gasteiger partial charge in [-0.1, -0.05) is 0 Å². The van der Waals surface area contributed by atoms with E-state index >= 15 is 0 Å². The third-order valence-corrected chi connectivity index (χ3v) is 2.98. The number of hydrogen-bond acceptors (Lipinski definition) is 4. The van der Waals surface area contributed by atoms with E-state index < -0.39 is 5.97 Å². The van der Waals surface area contributed by atoms with E-state index in [1.165, 1.54) is 0 Å². The summed E-state index contributed by atoms with van der Waals surface area (Å²) in [4.78, 5) is 16.7. The summed E-state index contributed by atoms with van der Waals surface area (Å²) < 4.78 is 0. The van der Waals surface area contributed by atoms with E-state index in [2.05, 4.69) is 9.88 Å². The molecule has 0 radical (unpaired) electrons. The van der Waals surface area contributed by atoms with Crippen molar-refractivity contribution in [1.29, 1.82) is 5.26 Å². The molecule has 0 aliphatic carbocycles. The molecule has 5 heteroatoms. The average molecular weight is 231 g/mol. The van der Waals surface area contributed by atoms with E-state index in [9.17, 15) is 4.79 Å². The van der Waals surface area contributed by atoms with Gasteiger partial charge in [-0.15, -0.1) is 0 Å². The zero-order valence-electron chi connectivity index (χ0n) is 9.33. The summed E-state index contributed by atoms with van der Waals surface area (Å²) in [6.45, 7) is 0.840. The first-order valence-electron chi connectivity index (χ1n) is 5.55. The second kappa shape index (κ2) is 4.83. The van der Waals surface area contributed by atoms with E-state index in [-0.39, 0.29) is 12.5 Å². The van der Waals surface area contributed by atoms with Gasteiger partial charge < -0.3 is 10.0 Å². The summed E-state index contributed by atoms with van der Waals surface area (Å²) in [6.07, 6.45) is 3.60. The van der Waals surface area contributed by atoms with Gasteiger partial charge in [0.1, 0.15) is 11.8 Å². The molecule has 1 saturated heterocycles. The van der Waals surface area contributed by atoms with Gasteiger partial charge >= 0.3 is 5.97 Å². The summed E-state index contributed by atoms with van der Waals surface area (Å²) in [6, 6.07) is 5.55. The lowest BCUT2D eigenvalue weighted by atomic mass is 10.1. The molecule has 1 N–H and O–H groups in total. The van der Waals surface area contributed by atoms with Gasteiger partial charge in [0, 0.05) is 24.5 Å². The molecule has 0 aromatic carbocycles. The highest BCUT2D eigenvalue weighted by atomic mass is 16.4. The zero-order chi connectivity index (χ0) is 12.3. The van der Waals surface area contributed by atoms with Crippen molar-refractivity contribution in [2.75, 3.05) is 11.4 Å². The molecule has 1 unspecified atom stereocenters. The van der Waals surface area contributed by atoms with Crippen LogP contribution in [0.15, 0.2) is 18.3 Å². The molecule has 0 saturated carbocycles. The van der Waals surface area contributed by atoms with Gasteiger partial charge in [0.25, 0.3) is 0 Å². The third kappa shape index (κ3) is 2.53. The van der Waals surface area contributed by atoms with E-state index in [0.29, 0.717) is 5.69 Å². The van der Waals surface area contributed by atoms with E-state index in [1.54, 1.807) is 12.3 Å². The van der Waals surface area contributed by atoms with Crippen LogP contribution >= 0.6 is 0 Å². The van der Waals surface area contributed by atoms with Gasteiger partial charge in [0.15, 0.2) is 0 Å². The van der Waals surface area contributed by atoms with Gasteiger partial charge in [-0.25, -0.2) is 4.98 Å². The summed E-state index contributed by atoms with van der Waals surface area (Å²) in [5, 5.41) is 17.6. The third-order valence-electron chi connectivity index (χ3n) is 2.98. The molecule has 5 nitrogen and oxygen atoms in total. The second-order valence-corrected chi connectivity index (χ2v) is 4.10. The number of carboxylic acid groups (broad SMARTS) is 1. The fourth-order valence-corrected chi connectivity index (χ4v) is 2.25. The van der Waals surface area contributed by atoms with Crippen LogP contribution in [0.25, 0.3) is 0 Å². The quantitative estimate of drug-likeness (QED) is 0.850. The number of rotatable bonds is 3. The van der Waals surface area contributed by atoms with Crippen LogP contribution in [0, 0.1) is 11.3 Å². The molecule has 0 spiro atoms. The molecule has 88 valence electrons. The Morgan fingerprint density at radius 3 is 3.24 bits per heavy atom. The summed E-state index contributed by atoms with van der Waals surface area (Å²) in [7, 11) is 0. The Kier molecular flexibility index (Phi) is 3.24. The van der Waals surface area contributed by atoms with Crippen LogP contribution in [0.4, 0.5) is 5.69 Å². The fourth-order valence-electron chi connectivity index (χ4n) is 2.25. The first-order chi connectivity index (χ1) is 8.20. The Labute approximate surface area is 99.3 Å². The van der Waals surface area contributed by atoms with E-state index in [4.69, 9.17) is 10.4 Å². The first kappa shape index (κ1) is 11.4. The van der Waals surface area contributed by atoms with Crippen LogP contribution in [0.2, 0.25) is 0 Å². The number of aromatic nitrogens is 1. The van der Waals surface area contributed by atoms with Crippen LogP contribution in [-0.4, -0.2) is 28.6 Å². The van der Waals surface area contributed by atoms with Gasteiger partial charge in [-0.2, -0.15) is 5.26 Å². The van der Waals surface area contributed by atoms with Crippen molar-refractivity contribution in [1.82, 2.24) is 4.98 Å². The van der Waals surface area contributed by atoms with Crippen LogP contribution < -0.4 is 4.90 Å². The molecule has 1 atom stereocenters. The number of carbonyl (C=O) groups is 1. The molecule has 17 heavy (non-hydrogen) atoms. The largest absolute Gasteiger partial charge is 0.481 e. The maximum absolute atomic E-state index is 10.8. The summed E-state index contributed by atoms with van der Waals surface area (Å²) in [5.74, 6) is -0.781. The van der Waals surface area contributed by atoms with Crippen molar-refractivity contribution in [3.05, 3.63) is 24.0 Å². The van der Waals surface area contributed by atoms with Crippen LogP contribution in [0.3, 0.4) is 0 Å². The number of pyridine rings is 1. The topological polar surface area (TPSA) is 77.2 Å². The smallest absolute Gasteiger partial charge is 0.305 e. The number of nitriles is 1.